The number of ether oxygens (including phenoxy) is 1. The van der Waals surface area contributed by atoms with Crippen LogP contribution in [0.3, 0.4) is 0 Å². The number of imidazole rings is 1. The van der Waals surface area contributed by atoms with E-state index >= 15 is 0 Å². The number of carbonyl (C=O) groups is 2. The van der Waals surface area contributed by atoms with Gasteiger partial charge in [0.15, 0.2) is 4.47 Å². The second-order valence-electron chi connectivity index (χ2n) is 5.98. The van der Waals surface area contributed by atoms with Crippen LogP contribution in [0.15, 0.2) is 42.2 Å². The number of aromatic nitrogens is 3. The first-order chi connectivity index (χ1) is 12.9. The van der Waals surface area contributed by atoms with E-state index in [1.807, 2.05) is 13.8 Å². The quantitative estimate of drug-likeness (QED) is 0.224. The molecule has 0 atom stereocenters. The molecule has 0 unspecified atom stereocenters. The third kappa shape index (κ3) is 4.01. The van der Waals surface area contributed by atoms with E-state index in [2.05, 4.69) is 4.98 Å². The number of Topliss-reactive ketones (excluding diaryl/α,β-unsaturated/α-hetero) is 1. The third-order valence-corrected chi connectivity index (χ3v) is 4.87. The zero-order valence-electron chi connectivity index (χ0n) is 14.7. The van der Waals surface area contributed by atoms with E-state index in [0.717, 1.165) is 10.5 Å². The van der Waals surface area contributed by atoms with Crippen molar-refractivity contribution in [3.05, 3.63) is 57.3 Å². The molecule has 0 aliphatic carbocycles. The van der Waals surface area contributed by atoms with Gasteiger partial charge in [-0.3, -0.25) is 4.79 Å². The monoisotopic (exact) mass is 406 g/mol. The minimum atomic E-state index is -1.03. The average molecular weight is 407 g/mol. The number of nitrogens with zero attached hydrogens (tertiary/aromatic N) is 3. The van der Waals surface area contributed by atoms with Crippen molar-refractivity contribution in [2.45, 2.75) is 20.4 Å². The Labute approximate surface area is 164 Å². The minimum absolute atomic E-state index is 0.00844. The molecule has 3 heterocycles. The van der Waals surface area contributed by atoms with Crippen LogP contribution in [0.25, 0.3) is 5.65 Å². The van der Waals surface area contributed by atoms with Gasteiger partial charge < -0.3 is 9.84 Å². The van der Waals surface area contributed by atoms with Gasteiger partial charge in [0, 0.05) is 12.3 Å². The molecule has 0 bridgehead atoms. The number of halogens is 1. The van der Waals surface area contributed by atoms with Crippen molar-refractivity contribution >= 4 is 40.3 Å². The highest BCUT2D eigenvalue weighted by Gasteiger charge is 2.35. The average Bonchev–Trinajstić information content (AvgIpc) is 3.16. The number of ketones is 1. The standard InChI is InChI=1S/C18H16ClN3O4S/c1-11(2)6-8-26-17(25)15(23)14-16(24)21-7-4-3-5-13(21)22(14)10-12-9-20-18(19)27-12/h3-7,9H,8,10H2,1-2H3/p+1. The maximum atomic E-state index is 12.7. The summed E-state index contributed by atoms with van der Waals surface area (Å²) in [6.07, 6.45) is 4.88. The Kier molecular flexibility index (Phi) is 5.57. The molecule has 140 valence electrons. The van der Waals surface area contributed by atoms with E-state index in [1.165, 1.54) is 15.7 Å². The molecule has 0 aliphatic heterocycles. The van der Waals surface area contributed by atoms with Crippen molar-refractivity contribution < 1.29 is 23.8 Å². The molecule has 7 nitrogen and oxygen atoms in total. The van der Waals surface area contributed by atoms with E-state index in [-0.39, 0.29) is 24.7 Å². The number of aromatic hydroxyl groups is 1. The Bertz CT molecular complexity index is 1050. The predicted molar refractivity (Wildman–Crippen MR) is 100 cm³/mol. The van der Waals surface area contributed by atoms with E-state index in [1.54, 1.807) is 41.2 Å². The first kappa shape index (κ1) is 19.1. The lowest BCUT2D eigenvalue weighted by molar-refractivity contribution is -0.521. The van der Waals surface area contributed by atoms with Gasteiger partial charge in [0.25, 0.3) is 11.3 Å². The molecule has 0 amide bonds. The lowest BCUT2D eigenvalue weighted by Crippen LogP contribution is -2.21. The maximum absolute atomic E-state index is 12.7. The predicted octanol–water partition coefficient (Wildman–Crippen LogP) is 2.78. The summed E-state index contributed by atoms with van der Waals surface area (Å²) in [4.78, 5) is 29.7. The number of hydrogen-bond donors (Lipinski definition) is 1. The molecule has 0 saturated heterocycles. The molecule has 0 radical (unpaired) electrons. The van der Waals surface area contributed by atoms with Crippen molar-refractivity contribution in [1.29, 1.82) is 0 Å². The second kappa shape index (κ2) is 7.89. The highest BCUT2D eigenvalue weighted by Crippen LogP contribution is 2.24. The Hall–Kier alpha value is -2.71. The number of hydrogen-bond acceptors (Lipinski definition) is 6. The molecule has 3 aromatic rings. The smallest absolute Gasteiger partial charge is 0.384 e. The molecule has 9 heteroatoms. The van der Waals surface area contributed by atoms with Crippen LogP contribution < -0.4 is 4.40 Å². The molecule has 0 saturated carbocycles. The Balaban J connectivity index is 2.01. The van der Waals surface area contributed by atoms with Gasteiger partial charge in [-0.2, -0.15) is 4.40 Å². The summed E-state index contributed by atoms with van der Waals surface area (Å²) in [6, 6.07) is 5.21. The zero-order chi connectivity index (χ0) is 19.6. The molecule has 3 rings (SSSR count). The van der Waals surface area contributed by atoms with Crippen LogP contribution in [0.5, 0.6) is 5.88 Å². The molecule has 0 aliphatic rings. The van der Waals surface area contributed by atoms with Crippen molar-refractivity contribution in [2.75, 3.05) is 6.61 Å². The highest BCUT2D eigenvalue weighted by molar-refractivity contribution is 7.15. The summed E-state index contributed by atoms with van der Waals surface area (Å²) in [5.41, 5.74) is 1.36. The molecule has 1 N–H and O–H groups in total. The van der Waals surface area contributed by atoms with Gasteiger partial charge in [-0.15, -0.1) is 11.3 Å². The molecule has 27 heavy (non-hydrogen) atoms. The molecule has 0 spiro atoms. The van der Waals surface area contributed by atoms with Crippen LogP contribution in [-0.2, 0) is 16.1 Å². The van der Waals surface area contributed by atoms with Gasteiger partial charge in [0.05, 0.1) is 11.1 Å². The first-order valence-electron chi connectivity index (χ1n) is 8.05. The largest absolute Gasteiger partial charge is 0.474 e. The van der Waals surface area contributed by atoms with Gasteiger partial charge in [-0.05, 0) is 26.0 Å². The van der Waals surface area contributed by atoms with Crippen molar-refractivity contribution in [3.63, 3.8) is 0 Å². The van der Waals surface area contributed by atoms with E-state index in [9.17, 15) is 14.7 Å². The fourth-order valence-electron chi connectivity index (χ4n) is 2.53. The number of carbonyl (C=O) groups excluding carboxylic acids is 2. The van der Waals surface area contributed by atoms with Crippen molar-refractivity contribution in [1.82, 2.24) is 9.55 Å². The van der Waals surface area contributed by atoms with Gasteiger partial charge >= 0.3 is 17.6 Å². The number of fused-ring (bicyclic) bond motifs is 1. The molecular weight excluding hydrogens is 390 g/mol. The Morgan fingerprint density at radius 3 is 2.85 bits per heavy atom. The molecule has 3 aromatic heterocycles. The normalized spacial score (nSPS) is 10.8. The summed E-state index contributed by atoms with van der Waals surface area (Å²) in [5.74, 6) is -2.28. The van der Waals surface area contributed by atoms with Crippen LogP contribution in [-0.4, -0.2) is 33.0 Å². The van der Waals surface area contributed by atoms with Crippen LogP contribution in [0.4, 0.5) is 0 Å². The van der Waals surface area contributed by atoms with Gasteiger partial charge in [-0.1, -0.05) is 23.2 Å². The van der Waals surface area contributed by atoms with Crippen molar-refractivity contribution in [3.8, 4) is 5.88 Å². The number of pyridine rings is 1. The summed E-state index contributed by atoms with van der Waals surface area (Å²) in [5, 5.41) is 10.5. The first-order valence-corrected chi connectivity index (χ1v) is 9.24. The lowest BCUT2D eigenvalue weighted by atomic mass is 10.3. The van der Waals surface area contributed by atoms with Gasteiger partial charge in [0.1, 0.15) is 13.2 Å². The summed E-state index contributed by atoms with van der Waals surface area (Å²) in [7, 11) is 0. The summed E-state index contributed by atoms with van der Waals surface area (Å²) < 4.78 is 8.34. The molecular formula is C18H17ClN3O4S+. The molecule has 0 fully saturated rings. The fraction of sp³-hybridized carbons (Fsp3) is 0.222. The third-order valence-electron chi connectivity index (χ3n) is 3.77. The highest BCUT2D eigenvalue weighted by atomic mass is 35.5. The number of thiazole rings is 1. The Morgan fingerprint density at radius 1 is 1.41 bits per heavy atom. The lowest BCUT2D eigenvalue weighted by Gasteiger charge is -2.02. The van der Waals surface area contributed by atoms with Crippen LogP contribution in [0.2, 0.25) is 4.47 Å². The van der Waals surface area contributed by atoms with Crippen LogP contribution in [0, 0.1) is 0 Å². The minimum Gasteiger partial charge on any atom is -0.474 e. The number of allylic oxidation sites excluding steroid dienone is 1. The van der Waals surface area contributed by atoms with Crippen molar-refractivity contribution in [2.24, 2.45) is 0 Å². The van der Waals surface area contributed by atoms with Gasteiger partial charge in [0.2, 0.25) is 0 Å². The van der Waals surface area contributed by atoms with Crippen LogP contribution >= 0.6 is 22.9 Å². The Morgan fingerprint density at radius 2 is 2.19 bits per heavy atom. The van der Waals surface area contributed by atoms with Crippen LogP contribution in [0.1, 0.15) is 29.2 Å². The fourth-order valence-corrected chi connectivity index (χ4v) is 3.49. The maximum Gasteiger partial charge on any atom is 0.384 e. The van der Waals surface area contributed by atoms with E-state index in [4.69, 9.17) is 16.3 Å². The topological polar surface area (TPSA) is 85.5 Å². The SMILES string of the molecule is CC(C)=CCOC(=O)C(=O)c1c(O)[n+]2ccccc2n1Cc1cnc(Cl)s1. The second-order valence-corrected chi connectivity index (χ2v) is 7.67. The van der Waals surface area contributed by atoms with E-state index in [0.29, 0.717) is 10.1 Å². The van der Waals surface area contributed by atoms with Gasteiger partial charge in [-0.25, -0.2) is 14.3 Å². The number of esters is 1. The number of rotatable bonds is 6. The summed E-state index contributed by atoms with van der Waals surface area (Å²) in [6.45, 7) is 3.93. The zero-order valence-corrected chi connectivity index (χ0v) is 16.3. The summed E-state index contributed by atoms with van der Waals surface area (Å²) >= 11 is 7.14. The van der Waals surface area contributed by atoms with E-state index < -0.39 is 11.8 Å². The molecule has 0 aromatic carbocycles.